The molecule has 1 amide bonds. The molecule has 0 aliphatic carbocycles. The zero-order valence-corrected chi connectivity index (χ0v) is 12.0. The van der Waals surface area contributed by atoms with E-state index < -0.39 is 6.10 Å². The van der Waals surface area contributed by atoms with E-state index in [-0.39, 0.29) is 18.4 Å². The summed E-state index contributed by atoms with van der Waals surface area (Å²) in [6.07, 6.45) is 1.25. The van der Waals surface area contributed by atoms with E-state index in [1.807, 2.05) is 42.2 Å². The predicted octanol–water partition coefficient (Wildman–Crippen LogP) is 2.00. The van der Waals surface area contributed by atoms with Crippen molar-refractivity contribution < 1.29 is 14.6 Å². The maximum atomic E-state index is 11.8. The van der Waals surface area contributed by atoms with E-state index in [1.54, 1.807) is 0 Å². The Morgan fingerprint density at radius 3 is 2.60 bits per heavy atom. The maximum absolute atomic E-state index is 11.8. The molecule has 20 heavy (non-hydrogen) atoms. The number of aliphatic hydroxyl groups excluding tert-OH is 1. The molecular formula is C16H23NO3. The number of piperidine rings is 1. The Kier molecular flexibility index (Phi) is 5.56. The predicted molar refractivity (Wildman–Crippen MR) is 77.2 cm³/mol. The first-order valence-corrected chi connectivity index (χ1v) is 7.31. The van der Waals surface area contributed by atoms with Gasteiger partial charge in [0.15, 0.2) is 0 Å². The van der Waals surface area contributed by atoms with Gasteiger partial charge >= 0.3 is 0 Å². The molecule has 1 N–H and O–H groups in total. The molecule has 0 aromatic heterocycles. The van der Waals surface area contributed by atoms with Crippen LogP contribution in [0.5, 0.6) is 0 Å². The summed E-state index contributed by atoms with van der Waals surface area (Å²) in [5.41, 5.74) is 0.964. The lowest BCUT2D eigenvalue weighted by molar-refractivity contribution is -0.138. The number of likely N-dealkylation sites (tertiary alicyclic amines) is 1. The summed E-state index contributed by atoms with van der Waals surface area (Å²) in [6, 6.07) is 9.75. The molecule has 0 saturated carbocycles. The minimum atomic E-state index is -0.430. The smallest absolute Gasteiger partial charge is 0.248 e. The highest BCUT2D eigenvalue weighted by Crippen LogP contribution is 2.30. The summed E-state index contributed by atoms with van der Waals surface area (Å²) in [6.45, 7) is 4.04. The van der Waals surface area contributed by atoms with Crippen LogP contribution in [0, 0.1) is 5.92 Å². The number of amides is 1. The van der Waals surface area contributed by atoms with Gasteiger partial charge in [0.25, 0.3) is 0 Å². The van der Waals surface area contributed by atoms with Crippen molar-refractivity contribution in [3.8, 4) is 0 Å². The lowest BCUT2D eigenvalue weighted by atomic mass is 9.87. The molecule has 1 heterocycles. The van der Waals surface area contributed by atoms with Crippen LogP contribution >= 0.6 is 0 Å². The van der Waals surface area contributed by atoms with Crippen molar-refractivity contribution in [3.63, 3.8) is 0 Å². The first-order valence-electron chi connectivity index (χ1n) is 7.31. The van der Waals surface area contributed by atoms with E-state index in [0.29, 0.717) is 19.7 Å². The molecule has 1 unspecified atom stereocenters. The highest BCUT2D eigenvalue weighted by molar-refractivity contribution is 5.77. The minimum Gasteiger partial charge on any atom is -0.388 e. The lowest BCUT2D eigenvalue weighted by Gasteiger charge is -2.34. The number of carbonyl (C=O) groups excluding carboxylic acids is 1. The Hall–Kier alpha value is -1.39. The molecular weight excluding hydrogens is 254 g/mol. The van der Waals surface area contributed by atoms with Crippen molar-refractivity contribution in [2.45, 2.75) is 25.9 Å². The van der Waals surface area contributed by atoms with Gasteiger partial charge in [-0.2, -0.15) is 0 Å². The molecule has 2 rings (SSSR count). The number of nitrogens with zero attached hydrogens (tertiary/aromatic N) is 1. The summed E-state index contributed by atoms with van der Waals surface area (Å²) < 4.78 is 5.15. The molecule has 1 atom stereocenters. The first-order chi connectivity index (χ1) is 9.72. The van der Waals surface area contributed by atoms with Crippen LogP contribution in [0.3, 0.4) is 0 Å². The lowest BCUT2D eigenvalue weighted by Crippen LogP contribution is -2.41. The molecule has 1 fully saturated rings. The third kappa shape index (κ3) is 3.81. The van der Waals surface area contributed by atoms with Gasteiger partial charge in [-0.15, -0.1) is 0 Å². The summed E-state index contributed by atoms with van der Waals surface area (Å²) >= 11 is 0. The van der Waals surface area contributed by atoms with Crippen molar-refractivity contribution in [1.82, 2.24) is 4.90 Å². The fourth-order valence-corrected chi connectivity index (χ4v) is 2.67. The third-order valence-corrected chi connectivity index (χ3v) is 3.91. The fourth-order valence-electron chi connectivity index (χ4n) is 2.67. The molecule has 1 aliphatic rings. The van der Waals surface area contributed by atoms with Gasteiger partial charge in [-0.3, -0.25) is 4.79 Å². The van der Waals surface area contributed by atoms with E-state index in [9.17, 15) is 9.90 Å². The molecule has 1 aromatic rings. The summed E-state index contributed by atoms with van der Waals surface area (Å²) in [4.78, 5) is 13.7. The van der Waals surface area contributed by atoms with Crippen LogP contribution in [0.4, 0.5) is 0 Å². The van der Waals surface area contributed by atoms with Gasteiger partial charge in [0, 0.05) is 19.7 Å². The Bertz CT molecular complexity index is 413. The number of benzene rings is 1. The molecule has 4 heteroatoms. The van der Waals surface area contributed by atoms with Gasteiger partial charge in [0.05, 0.1) is 6.10 Å². The van der Waals surface area contributed by atoms with Gasteiger partial charge in [-0.05, 0) is 31.2 Å². The number of hydrogen-bond acceptors (Lipinski definition) is 3. The number of aliphatic hydroxyl groups is 1. The van der Waals surface area contributed by atoms with Crippen molar-refractivity contribution in [3.05, 3.63) is 35.9 Å². The molecule has 110 valence electrons. The van der Waals surface area contributed by atoms with Gasteiger partial charge in [0.2, 0.25) is 5.91 Å². The fraction of sp³-hybridized carbons (Fsp3) is 0.562. The average Bonchev–Trinajstić information content (AvgIpc) is 2.53. The third-order valence-electron chi connectivity index (χ3n) is 3.91. The van der Waals surface area contributed by atoms with Crippen molar-refractivity contribution >= 4 is 5.91 Å². The topological polar surface area (TPSA) is 49.8 Å². The number of carbonyl (C=O) groups is 1. The Morgan fingerprint density at radius 1 is 1.35 bits per heavy atom. The Labute approximate surface area is 120 Å². The van der Waals surface area contributed by atoms with E-state index in [1.165, 1.54) is 0 Å². The molecule has 1 aliphatic heterocycles. The van der Waals surface area contributed by atoms with E-state index in [0.717, 1.165) is 18.4 Å². The Balaban J connectivity index is 1.83. The second-order valence-electron chi connectivity index (χ2n) is 5.21. The average molecular weight is 277 g/mol. The number of rotatable bonds is 5. The van der Waals surface area contributed by atoms with Gasteiger partial charge in [-0.25, -0.2) is 0 Å². The Morgan fingerprint density at radius 2 is 2.00 bits per heavy atom. The van der Waals surface area contributed by atoms with Crippen molar-refractivity contribution in [1.29, 1.82) is 0 Å². The molecule has 4 nitrogen and oxygen atoms in total. The highest BCUT2D eigenvalue weighted by atomic mass is 16.5. The molecule has 1 aromatic carbocycles. The molecule has 1 saturated heterocycles. The van der Waals surface area contributed by atoms with Crippen LogP contribution in [0.25, 0.3) is 0 Å². The van der Waals surface area contributed by atoms with Crippen LogP contribution in [0.1, 0.15) is 31.4 Å². The molecule has 0 spiro atoms. The highest BCUT2D eigenvalue weighted by Gasteiger charge is 2.27. The van der Waals surface area contributed by atoms with E-state index in [4.69, 9.17) is 4.74 Å². The van der Waals surface area contributed by atoms with Gasteiger partial charge in [-0.1, -0.05) is 30.3 Å². The SMILES string of the molecule is CCOCC(=O)N1CCC(C(O)c2ccccc2)CC1. The van der Waals surface area contributed by atoms with Crippen LogP contribution in [-0.2, 0) is 9.53 Å². The van der Waals surface area contributed by atoms with Gasteiger partial charge in [0.1, 0.15) is 6.61 Å². The zero-order valence-electron chi connectivity index (χ0n) is 12.0. The van der Waals surface area contributed by atoms with Crippen LogP contribution < -0.4 is 0 Å². The monoisotopic (exact) mass is 277 g/mol. The van der Waals surface area contributed by atoms with Crippen LogP contribution in [-0.4, -0.2) is 42.2 Å². The quantitative estimate of drug-likeness (QED) is 0.895. The first kappa shape index (κ1) is 15.0. The van der Waals surface area contributed by atoms with E-state index >= 15 is 0 Å². The number of hydrogen-bond donors (Lipinski definition) is 1. The summed E-state index contributed by atoms with van der Waals surface area (Å²) in [5, 5.41) is 10.4. The maximum Gasteiger partial charge on any atom is 0.248 e. The van der Waals surface area contributed by atoms with E-state index in [2.05, 4.69) is 0 Å². The standard InChI is InChI=1S/C16H23NO3/c1-2-20-12-15(18)17-10-8-14(9-11-17)16(19)13-6-4-3-5-7-13/h3-7,14,16,19H,2,8-12H2,1H3. The number of ether oxygens (including phenoxy) is 1. The summed E-state index contributed by atoms with van der Waals surface area (Å²) in [5.74, 6) is 0.285. The molecule has 0 bridgehead atoms. The second-order valence-corrected chi connectivity index (χ2v) is 5.21. The van der Waals surface area contributed by atoms with Crippen LogP contribution in [0.15, 0.2) is 30.3 Å². The zero-order chi connectivity index (χ0) is 14.4. The second kappa shape index (κ2) is 7.41. The minimum absolute atomic E-state index is 0.0551. The van der Waals surface area contributed by atoms with Crippen LogP contribution in [0.2, 0.25) is 0 Å². The van der Waals surface area contributed by atoms with Crippen molar-refractivity contribution in [2.75, 3.05) is 26.3 Å². The normalized spacial score (nSPS) is 18.0. The van der Waals surface area contributed by atoms with Gasteiger partial charge < -0.3 is 14.7 Å². The summed E-state index contributed by atoms with van der Waals surface area (Å²) in [7, 11) is 0. The van der Waals surface area contributed by atoms with Crippen molar-refractivity contribution in [2.24, 2.45) is 5.92 Å². The molecule has 0 radical (unpaired) electrons. The largest absolute Gasteiger partial charge is 0.388 e.